The molecule has 1 fully saturated rings. The fraction of sp³-hybridized carbons (Fsp3) is 0.946. The molecule has 0 unspecified atom stereocenters. The first kappa shape index (κ1) is 46.7. The number of carbonyl (C=O) groups excluding carboxylic acids is 2. The van der Waals surface area contributed by atoms with Crippen molar-refractivity contribution in [2.24, 2.45) is 0 Å². The van der Waals surface area contributed by atoms with Crippen LogP contribution in [0.5, 0.6) is 0 Å². The molecule has 0 spiro atoms. The highest BCUT2D eigenvalue weighted by molar-refractivity contribution is 7.85. The molecule has 6 atom stereocenters. The monoisotopic (exact) mass is 738 g/mol. The van der Waals surface area contributed by atoms with Crippen molar-refractivity contribution in [1.82, 2.24) is 0 Å². The predicted molar refractivity (Wildman–Crippen MR) is 192 cm³/mol. The summed E-state index contributed by atoms with van der Waals surface area (Å²) in [5, 5.41) is 30.7. The SMILES string of the molecule is CCCCCCCCCCCCCCC(=O)O[C@H](COC(=O)CCCCCCCCCCCC)CO[C@@H]1O[C@H](CS(=O)(=O)O)[C@@H](O)[C@H](O)[C@H]1O. The first-order valence-corrected chi connectivity index (χ1v) is 21.2. The molecule has 4 N–H and O–H groups in total. The molecular formula is C37H70O12S. The van der Waals surface area contributed by atoms with Gasteiger partial charge in [0.2, 0.25) is 0 Å². The Labute approximate surface area is 302 Å². The fourth-order valence-corrected chi connectivity index (χ4v) is 6.78. The largest absolute Gasteiger partial charge is 0.462 e. The summed E-state index contributed by atoms with van der Waals surface area (Å²) in [6.07, 6.45) is 16.0. The van der Waals surface area contributed by atoms with Crippen LogP contribution in [0.15, 0.2) is 0 Å². The average Bonchev–Trinajstić information content (AvgIpc) is 3.07. The number of hydrogen-bond acceptors (Lipinski definition) is 11. The lowest BCUT2D eigenvalue weighted by Crippen LogP contribution is -2.60. The number of aliphatic hydroxyl groups excluding tert-OH is 3. The van der Waals surface area contributed by atoms with Gasteiger partial charge in [0.15, 0.2) is 12.4 Å². The molecule has 1 rings (SSSR count). The lowest BCUT2D eigenvalue weighted by atomic mass is 10.00. The van der Waals surface area contributed by atoms with Gasteiger partial charge < -0.3 is 34.3 Å². The van der Waals surface area contributed by atoms with Gasteiger partial charge in [-0.1, -0.05) is 142 Å². The second kappa shape index (κ2) is 29.1. The number of unbranched alkanes of at least 4 members (excludes halogenated alkanes) is 20. The lowest BCUT2D eigenvalue weighted by Gasteiger charge is -2.40. The van der Waals surface area contributed by atoms with Gasteiger partial charge in [0.25, 0.3) is 10.1 Å². The number of rotatable bonds is 32. The Hall–Kier alpha value is -1.35. The molecule has 0 aromatic rings. The second-order valence-electron chi connectivity index (χ2n) is 14.0. The van der Waals surface area contributed by atoms with Crippen molar-refractivity contribution in [3.05, 3.63) is 0 Å². The Bertz CT molecular complexity index is 962. The third kappa shape index (κ3) is 24.0. The van der Waals surface area contributed by atoms with Gasteiger partial charge in [0, 0.05) is 12.8 Å². The van der Waals surface area contributed by atoms with E-state index in [4.69, 9.17) is 18.9 Å². The Morgan fingerprint density at radius 3 is 1.46 bits per heavy atom. The Balaban J connectivity index is 2.52. The van der Waals surface area contributed by atoms with Crippen molar-refractivity contribution >= 4 is 22.1 Å². The van der Waals surface area contributed by atoms with Crippen molar-refractivity contribution in [3.8, 4) is 0 Å². The zero-order chi connectivity index (χ0) is 37.0. The first-order chi connectivity index (χ1) is 24.0. The maximum Gasteiger partial charge on any atom is 0.306 e. The van der Waals surface area contributed by atoms with E-state index < -0.39 is 71.2 Å². The van der Waals surface area contributed by atoms with Crippen LogP contribution in [0, 0.1) is 0 Å². The van der Waals surface area contributed by atoms with Crippen molar-refractivity contribution in [2.45, 2.75) is 205 Å². The van der Waals surface area contributed by atoms with E-state index in [1.54, 1.807) is 0 Å². The molecular weight excluding hydrogens is 668 g/mol. The van der Waals surface area contributed by atoms with Gasteiger partial charge in [-0.2, -0.15) is 8.42 Å². The highest BCUT2D eigenvalue weighted by Gasteiger charge is 2.46. The number of aliphatic hydroxyl groups is 3. The second-order valence-corrected chi connectivity index (χ2v) is 15.5. The minimum atomic E-state index is -4.59. The van der Waals surface area contributed by atoms with Gasteiger partial charge >= 0.3 is 11.9 Å². The molecule has 1 saturated heterocycles. The molecule has 0 aromatic carbocycles. The lowest BCUT2D eigenvalue weighted by molar-refractivity contribution is -0.297. The Morgan fingerprint density at radius 2 is 1.02 bits per heavy atom. The molecule has 0 saturated carbocycles. The van der Waals surface area contributed by atoms with Gasteiger partial charge in [-0.3, -0.25) is 14.1 Å². The van der Waals surface area contributed by atoms with E-state index in [0.717, 1.165) is 38.5 Å². The number of esters is 2. The highest BCUT2D eigenvalue weighted by atomic mass is 32.2. The van der Waals surface area contributed by atoms with Crippen LogP contribution in [0.3, 0.4) is 0 Å². The number of carbonyl (C=O) groups is 2. The van der Waals surface area contributed by atoms with Crippen LogP contribution in [0.2, 0.25) is 0 Å². The molecule has 1 aliphatic heterocycles. The summed E-state index contributed by atoms with van der Waals surface area (Å²) in [6.45, 7) is 3.72. The molecule has 0 bridgehead atoms. The maximum atomic E-state index is 12.7. The standard InChI is InChI=1S/C37H70O12S/c1-3-5-7-9-11-13-15-16-18-20-22-24-26-33(39)48-30(27-46-32(38)25-23-21-19-17-14-12-10-8-6-4-2)28-47-37-36(42)35(41)34(40)31(49-37)29-50(43,44)45/h30-31,34-37,40-42H,3-29H2,1-2H3,(H,43,44,45)/t30-,31-,34-,35+,36-,37-/m1/s1. The average molecular weight is 739 g/mol. The van der Waals surface area contributed by atoms with Crippen LogP contribution in [-0.2, 0) is 38.7 Å². The molecule has 13 heteroatoms. The maximum absolute atomic E-state index is 12.7. The highest BCUT2D eigenvalue weighted by Crippen LogP contribution is 2.24. The van der Waals surface area contributed by atoms with Gasteiger partial charge in [0.05, 0.1) is 6.61 Å². The molecule has 0 aromatic heterocycles. The fourth-order valence-electron chi connectivity index (χ4n) is 6.09. The molecule has 12 nitrogen and oxygen atoms in total. The van der Waals surface area contributed by atoms with Crippen molar-refractivity contribution in [1.29, 1.82) is 0 Å². The first-order valence-electron chi connectivity index (χ1n) is 19.6. The molecule has 296 valence electrons. The Kier molecular flexibility index (Phi) is 27.2. The summed E-state index contributed by atoms with van der Waals surface area (Å²) in [5.74, 6) is -1.97. The van der Waals surface area contributed by atoms with Crippen LogP contribution < -0.4 is 0 Å². The summed E-state index contributed by atoms with van der Waals surface area (Å²) in [7, 11) is -4.59. The normalized spacial score (nSPS) is 21.6. The van der Waals surface area contributed by atoms with Crippen molar-refractivity contribution in [3.63, 3.8) is 0 Å². The van der Waals surface area contributed by atoms with E-state index in [1.807, 2.05) is 0 Å². The van der Waals surface area contributed by atoms with Gasteiger partial charge in [-0.15, -0.1) is 0 Å². The molecule has 1 aliphatic rings. The number of hydrogen-bond donors (Lipinski definition) is 4. The summed E-state index contributed by atoms with van der Waals surface area (Å²) < 4.78 is 53.8. The van der Waals surface area contributed by atoms with E-state index in [1.165, 1.54) is 89.9 Å². The Morgan fingerprint density at radius 1 is 0.600 bits per heavy atom. The van der Waals surface area contributed by atoms with Crippen LogP contribution in [-0.4, -0.2) is 96.0 Å². The van der Waals surface area contributed by atoms with E-state index in [0.29, 0.717) is 12.8 Å². The third-order valence-electron chi connectivity index (χ3n) is 9.19. The van der Waals surface area contributed by atoms with Crippen LogP contribution in [0.25, 0.3) is 0 Å². The summed E-state index contributed by atoms with van der Waals surface area (Å²) in [5.41, 5.74) is 0. The summed E-state index contributed by atoms with van der Waals surface area (Å²) >= 11 is 0. The van der Waals surface area contributed by atoms with E-state index in [9.17, 15) is 37.9 Å². The predicted octanol–water partition coefficient (Wildman–Crippen LogP) is 6.56. The summed E-state index contributed by atoms with van der Waals surface area (Å²) in [6, 6.07) is 0. The number of ether oxygens (including phenoxy) is 4. The molecule has 1 heterocycles. The molecule has 50 heavy (non-hydrogen) atoms. The topological polar surface area (TPSA) is 186 Å². The zero-order valence-corrected chi connectivity index (χ0v) is 31.8. The van der Waals surface area contributed by atoms with E-state index in [-0.39, 0.29) is 19.4 Å². The van der Waals surface area contributed by atoms with Crippen LogP contribution in [0.1, 0.15) is 168 Å². The molecule has 0 radical (unpaired) electrons. The molecule has 0 aliphatic carbocycles. The van der Waals surface area contributed by atoms with E-state index >= 15 is 0 Å². The van der Waals surface area contributed by atoms with Crippen LogP contribution in [0.4, 0.5) is 0 Å². The smallest absolute Gasteiger partial charge is 0.306 e. The quantitative estimate of drug-likeness (QED) is 0.0332. The van der Waals surface area contributed by atoms with Crippen molar-refractivity contribution < 1.29 is 56.8 Å². The van der Waals surface area contributed by atoms with E-state index in [2.05, 4.69) is 13.8 Å². The van der Waals surface area contributed by atoms with Gasteiger partial charge in [0.1, 0.15) is 36.8 Å². The summed E-state index contributed by atoms with van der Waals surface area (Å²) in [4.78, 5) is 25.2. The minimum Gasteiger partial charge on any atom is -0.462 e. The molecule has 0 amide bonds. The van der Waals surface area contributed by atoms with Gasteiger partial charge in [-0.25, -0.2) is 0 Å². The third-order valence-corrected chi connectivity index (χ3v) is 9.94. The van der Waals surface area contributed by atoms with Crippen molar-refractivity contribution in [2.75, 3.05) is 19.0 Å². The van der Waals surface area contributed by atoms with Gasteiger partial charge in [-0.05, 0) is 12.8 Å². The zero-order valence-electron chi connectivity index (χ0n) is 31.0. The van der Waals surface area contributed by atoms with Crippen LogP contribution >= 0.6 is 0 Å². The minimum absolute atomic E-state index is 0.171.